The van der Waals surface area contributed by atoms with Gasteiger partial charge in [0.2, 0.25) is 0 Å². The van der Waals surface area contributed by atoms with Gasteiger partial charge in [-0.3, -0.25) is 14.9 Å². The van der Waals surface area contributed by atoms with Crippen LogP contribution < -0.4 is 9.46 Å². The SMILES string of the molecule is CC1(Cc2ccc(Cl)cc2)Cc2cc(C(=O)NS(=O)(=O)c3cccc([N+](=O)[O-])c3)ccc2O1. The zero-order valence-electron chi connectivity index (χ0n) is 17.4. The number of fused-ring (bicyclic) bond motifs is 1. The van der Waals surface area contributed by atoms with Crippen LogP contribution in [-0.4, -0.2) is 24.8 Å². The lowest BCUT2D eigenvalue weighted by Crippen LogP contribution is -2.32. The number of nitrogens with zero attached hydrogens (tertiary/aromatic N) is 1. The lowest BCUT2D eigenvalue weighted by Gasteiger charge is -2.24. The van der Waals surface area contributed by atoms with Crippen LogP contribution in [0.2, 0.25) is 5.02 Å². The van der Waals surface area contributed by atoms with E-state index >= 15 is 0 Å². The molecule has 170 valence electrons. The zero-order valence-corrected chi connectivity index (χ0v) is 19.0. The second-order valence-corrected chi connectivity index (χ2v) is 10.2. The van der Waals surface area contributed by atoms with Crippen LogP contribution in [0.4, 0.5) is 5.69 Å². The number of hydrogen-bond donors (Lipinski definition) is 1. The molecule has 0 spiro atoms. The van der Waals surface area contributed by atoms with E-state index in [1.54, 1.807) is 12.1 Å². The van der Waals surface area contributed by atoms with Gasteiger partial charge in [0.1, 0.15) is 11.4 Å². The number of amides is 1. The van der Waals surface area contributed by atoms with E-state index in [-0.39, 0.29) is 16.1 Å². The van der Waals surface area contributed by atoms with Crippen molar-refractivity contribution in [1.82, 2.24) is 4.72 Å². The lowest BCUT2D eigenvalue weighted by atomic mass is 9.91. The first-order valence-electron chi connectivity index (χ1n) is 9.93. The van der Waals surface area contributed by atoms with Crippen LogP contribution in [0.1, 0.15) is 28.4 Å². The third-order valence-electron chi connectivity index (χ3n) is 5.30. The molecule has 3 aromatic carbocycles. The Morgan fingerprint density at radius 1 is 1.15 bits per heavy atom. The van der Waals surface area contributed by atoms with Crippen molar-refractivity contribution in [3.63, 3.8) is 0 Å². The maximum atomic E-state index is 12.7. The molecule has 3 aromatic rings. The highest BCUT2D eigenvalue weighted by Gasteiger charge is 2.35. The number of carbonyl (C=O) groups is 1. The van der Waals surface area contributed by atoms with Crippen LogP contribution in [0.25, 0.3) is 0 Å². The molecular formula is C23H19ClN2O6S. The number of halogens is 1. The summed E-state index contributed by atoms with van der Waals surface area (Å²) in [5.41, 5.74) is 1.06. The molecule has 1 amide bonds. The van der Waals surface area contributed by atoms with Crippen molar-refractivity contribution in [2.24, 2.45) is 0 Å². The van der Waals surface area contributed by atoms with Crippen LogP contribution in [0.5, 0.6) is 5.75 Å². The number of nitrogens with one attached hydrogen (secondary N) is 1. The number of ether oxygens (including phenoxy) is 1. The molecule has 1 atom stereocenters. The molecule has 0 radical (unpaired) electrons. The standard InChI is InChI=1S/C23H19ClN2O6S/c1-23(13-15-5-8-18(24)9-6-15)14-17-11-16(7-10-21(17)32-23)22(27)25-33(30,31)20-4-2-3-19(12-20)26(28)29/h2-12H,13-14H2,1H3,(H,25,27). The number of rotatable bonds is 6. The first kappa shape index (κ1) is 22.8. The average Bonchev–Trinajstić information content (AvgIpc) is 3.10. The van der Waals surface area contributed by atoms with Gasteiger partial charge in [-0.1, -0.05) is 29.8 Å². The molecule has 0 fully saturated rings. The third kappa shape index (κ3) is 4.99. The van der Waals surface area contributed by atoms with E-state index in [0.717, 1.165) is 17.2 Å². The number of carbonyl (C=O) groups excluding carboxylic acids is 1. The van der Waals surface area contributed by atoms with Gasteiger partial charge < -0.3 is 4.74 Å². The summed E-state index contributed by atoms with van der Waals surface area (Å²) in [5, 5.41) is 11.6. The largest absolute Gasteiger partial charge is 0.487 e. The number of nitro benzene ring substituents is 1. The van der Waals surface area contributed by atoms with Crippen LogP contribution in [0.3, 0.4) is 0 Å². The fourth-order valence-corrected chi connectivity index (χ4v) is 4.94. The van der Waals surface area contributed by atoms with E-state index in [2.05, 4.69) is 0 Å². The minimum absolute atomic E-state index is 0.141. The van der Waals surface area contributed by atoms with Crippen molar-refractivity contribution < 1.29 is 22.9 Å². The number of non-ortho nitro benzene ring substituents is 1. The summed E-state index contributed by atoms with van der Waals surface area (Å²) in [6.07, 6.45) is 1.16. The van der Waals surface area contributed by atoms with Gasteiger partial charge in [-0.25, -0.2) is 13.1 Å². The van der Waals surface area contributed by atoms with E-state index in [1.807, 2.05) is 35.9 Å². The Hall–Kier alpha value is -3.43. The van der Waals surface area contributed by atoms with Crippen LogP contribution in [0, 0.1) is 10.1 Å². The molecule has 0 bridgehead atoms. The van der Waals surface area contributed by atoms with Crippen LogP contribution in [-0.2, 0) is 22.9 Å². The summed E-state index contributed by atoms with van der Waals surface area (Å²) in [4.78, 5) is 22.5. The van der Waals surface area contributed by atoms with Gasteiger partial charge in [0, 0.05) is 35.6 Å². The predicted octanol–water partition coefficient (Wildman–Crippen LogP) is 4.30. The van der Waals surface area contributed by atoms with Crippen molar-refractivity contribution in [3.05, 3.63) is 98.6 Å². The summed E-state index contributed by atoms with van der Waals surface area (Å²) in [6.45, 7) is 1.97. The fourth-order valence-electron chi connectivity index (χ4n) is 3.80. The van der Waals surface area contributed by atoms with Gasteiger partial charge in [0.25, 0.3) is 21.6 Å². The Labute approximate surface area is 195 Å². The molecule has 33 heavy (non-hydrogen) atoms. The lowest BCUT2D eigenvalue weighted by molar-refractivity contribution is -0.385. The number of nitro groups is 1. The summed E-state index contributed by atoms with van der Waals surface area (Å²) < 4.78 is 33.2. The molecule has 1 unspecified atom stereocenters. The molecule has 0 saturated heterocycles. The Morgan fingerprint density at radius 2 is 1.88 bits per heavy atom. The van der Waals surface area contributed by atoms with Crippen LogP contribution in [0.15, 0.2) is 71.6 Å². The molecule has 8 nitrogen and oxygen atoms in total. The molecule has 0 aromatic heterocycles. The molecule has 0 aliphatic carbocycles. The minimum atomic E-state index is -4.29. The van der Waals surface area contributed by atoms with E-state index in [9.17, 15) is 23.3 Å². The Balaban J connectivity index is 1.50. The molecule has 10 heteroatoms. The number of benzene rings is 3. The highest BCUT2D eigenvalue weighted by Crippen LogP contribution is 2.37. The van der Waals surface area contributed by atoms with Crippen LogP contribution >= 0.6 is 11.6 Å². The van der Waals surface area contributed by atoms with E-state index < -0.39 is 26.5 Å². The smallest absolute Gasteiger partial charge is 0.270 e. The summed E-state index contributed by atoms with van der Waals surface area (Å²) in [5.74, 6) is -0.208. The minimum Gasteiger partial charge on any atom is -0.487 e. The Kier molecular flexibility index (Phi) is 5.85. The second kappa shape index (κ2) is 8.49. The molecular weight excluding hydrogens is 468 g/mol. The highest BCUT2D eigenvalue weighted by molar-refractivity contribution is 7.90. The first-order chi connectivity index (χ1) is 15.5. The number of hydrogen-bond acceptors (Lipinski definition) is 6. The van der Waals surface area contributed by atoms with Gasteiger partial charge in [0.05, 0.1) is 9.82 Å². The molecule has 1 aliphatic heterocycles. The van der Waals surface area contributed by atoms with Gasteiger partial charge in [-0.15, -0.1) is 0 Å². The van der Waals surface area contributed by atoms with E-state index in [4.69, 9.17) is 16.3 Å². The normalized spacial score (nSPS) is 17.2. The molecule has 0 saturated carbocycles. The Bertz CT molecular complexity index is 1360. The summed E-state index contributed by atoms with van der Waals surface area (Å²) >= 11 is 5.95. The fraction of sp³-hybridized carbons (Fsp3) is 0.174. The number of sulfonamides is 1. The van der Waals surface area contributed by atoms with Crippen molar-refractivity contribution in [3.8, 4) is 5.75 Å². The van der Waals surface area contributed by atoms with Crippen molar-refractivity contribution in [2.75, 3.05) is 0 Å². The maximum absolute atomic E-state index is 12.7. The van der Waals surface area contributed by atoms with Gasteiger partial charge in [-0.2, -0.15) is 0 Å². The summed E-state index contributed by atoms with van der Waals surface area (Å²) in [7, 11) is -4.29. The molecule has 1 aliphatic rings. The van der Waals surface area contributed by atoms with Gasteiger partial charge in [0.15, 0.2) is 0 Å². The van der Waals surface area contributed by atoms with E-state index in [1.165, 1.54) is 24.3 Å². The second-order valence-electron chi connectivity index (χ2n) is 8.04. The highest BCUT2D eigenvalue weighted by atomic mass is 35.5. The molecule has 4 rings (SSSR count). The predicted molar refractivity (Wildman–Crippen MR) is 122 cm³/mol. The monoisotopic (exact) mass is 486 g/mol. The van der Waals surface area contributed by atoms with Crippen molar-refractivity contribution in [1.29, 1.82) is 0 Å². The van der Waals surface area contributed by atoms with Crippen molar-refractivity contribution >= 4 is 33.2 Å². The van der Waals surface area contributed by atoms with Gasteiger partial charge in [-0.05, 0) is 54.4 Å². The first-order valence-corrected chi connectivity index (χ1v) is 11.8. The van der Waals surface area contributed by atoms with E-state index in [0.29, 0.717) is 23.6 Å². The van der Waals surface area contributed by atoms with Crippen molar-refractivity contribution in [2.45, 2.75) is 30.3 Å². The topological polar surface area (TPSA) is 116 Å². The summed E-state index contributed by atoms with van der Waals surface area (Å²) in [6, 6.07) is 16.7. The Morgan fingerprint density at radius 3 is 2.58 bits per heavy atom. The molecule has 1 heterocycles. The third-order valence-corrected chi connectivity index (χ3v) is 6.88. The zero-order chi connectivity index (χ0) is 23.8. The molecule has 1 N–H and O–H groups in total. The quantitative estimate of drug-likeness (QED) is 0.410. The maximum Gasteiger partial charge on any atom is 0.270 e. The average molecular weight is 487 g/mol. The van der Waals surface area contributed by atoms with Gasteiger partial charge >= 0.3 is 0 Å².